The molecule has 0 radical (unpaired) electrons. The molecule has 2 atom stereocenters. The largest absolute Gasteiger partial charge is 0.495 e. The van der Waals surface area contributed by atoms with Crippen LogP contribution in [0.5, 0.6) is 5.75 Å². The number of benzene rings is 3. The first kappa shape index (κ1) is 20.6. The van der Waals surface area contributed by atoms with Gasteiger partial charge in [-0.25, -0.2) is 4.90 Å². The van der Waals surface area contributed by atoms with Crippen LogP contribution in [-0.4, -0.2) is 36.5 Å². The summed E-state index contributed by atoms with van der Waals surface area (Å²) in [4.78, 5) is 41.5. The minimum Gasteiger partial charge on any atom is -0.495 e. The lowest BCUT2D eigenvalue weighted by molar-refractivity contribution is -0.122. The first-order valence-corrected chi connectivity index (χ1v) is 10.6. The van der Waals surface area contributed by atoms with Gasteiger partial charge in [0.25, 0.3) is 5.91 Å². The Labute approximate surface area is 190 Å². The number of para-hydroxylation sites is 2. The van der Waals surface area contributed by atoms with Crippen LogP contribution in [0, 0.1) is 5.92 Å². The van der Waals surface area contributed by atoms with Crippen LogP contribution < -0.4 is 15.1 Å². The molecule has 1 N–H and O–H groups in total. The third-order valence-electron chi connectivity index (χ3n) is 6.03. The molecule has 3 aromatic carbocycles. The number of methoxy groups -OCH3 is 1. The fourth-order valence-electron chi connectivity index (χ4n) is 4.48. The number of anilines is 1. The van der Waals surface area contributed by atoms with Gasteiger partial charge in [0.05, 0.1) is 18.7 Å². The first-order chi connectivity index (χ1) is 16.1. The molecule has 0 aromatic heterocycles. The standard InChI is InChI=1S/C26H21N3O4/c1-33-19-15-9-8-14-18(19)29-25(31)21-22(27-28-23(21)26(29)32)24(30)20(16-10-4-2-5-11-16)17-12-6-3-7-13-17/h2-15,20-21,23,28H,1H3/t21-,23+/m1/s1. The zero-order valence-electron chi connectivity index (χ0n) is 17.8. The number of ketones is 1. The highest BCUT2D eigenvalue weighted by atomic mass is 16.5. The maximum absolute atomic E-state index is 13.8. The summed E-state index contributed by atoms with van der Waals surface area (Å²) >= 11 is 0. The Balaban J connectivity index is 1.52. The number of ether oxygens (including phenoxy) is 1. The fraction of sp³-hybridized carbons (Fsp3) is 0.154. The van der Waals surface area contributed by atoms with Gasteiger partial charge in [-0.05, 0) is 23.3 Å². The zero-order valence-corrected chi connectivity index (χ0v) is 17.8. The summed E-state index contributed by atoms with van der Waals surface area (Å²) in [6.45, 7) is 0. The van der Waals surface area contributed by atoms with Crippen molar-refractivity contribution in [1.29, 1.82) is 0 Å². The molecule has 164 valence electrons. The Bertz CT molecular complexity index is 1220. The van der Waals surface area contributed by atoms with Crippen LogP contribution in [0.2, 0.25) is 0 Å². The van der Waals surface area contributed by atoms with Crippen molar-refractivity contribution in [3.05, 3.63) is 96.1 Å². The van der Waals surface area contributed by atoms with E-state index in [1.165, 1.54) is 7.11 Å². The highest BCUT2D eigenvalue weighted by molar-refractivity contribution is 6.50. The van der Waals surface area contributed by atoms with Crippen LogP contribution in [0.1, 0.15) is 17.0 Å². The first-order valence-electron chi connectivity index (χ1n) is 10.6. The summed E-state index contributed by atoms with van der Waals surface area (Å²) < 4.78 is 5.34. The van der Waals surface area contributed by atoms with E-state index >= 15 is 0 Å². The number of imide groups is 1. The number of hydrogen-bond donors (Lipinski definition) is 1. The lowest BCUT2D eigenvalue weighted by atomic mass is 9.82. The zero-order chi connectivity index (χ0) is 22.9. The van der Waals surface area contributed by atoms with E-state index in [9.17, 15) is 14.4 Å². The molecule has 33 heavy (non-hydrogen) atoms. The van der Waals surface area contributed by atoms with Gasteiger partial charge in [0.2, 0.25) is 5.91 Å². The van der Waals surface area contributed by atoms with Gasteiger partial charge >= 0.3 is 0 Å². The number of nitrogens with one attached hydrogen (secondary N) is 1. The third kappa shape index (κ3) is 3.38. The van der Waals surface area contributed by atoms with E-state index in [4.69, 9.17) is 4.74 Å². The number of Topliss-reactive ketones (excluding diaryl/α,β-unsaturated/α-hetero) is 1. The third-order valence-corrected chi connectivity index (χ3v) is 6.03. The number of fused-ring (bicyclic) bond motifs is 1. The summed E-state index contributed by atoms with van der Waals surface area (Å²) in [5.74, 6) is -2.51. The van der Waals surface area contributed by atoms with Crippen LogP contribution in [0.3, 0.4) is 0 Å². The normalized spacial score (nSPS) is 19.3. The highest BCUT2D eigenvalue weighted by Gasteiger charge is 2.56. The topological polar surface area (TPSA) is 88.1 Å². The second-order valence-corrected chi connectivity index (χ2v) is 7.88. The molecule has 2 heterocycles. The van der Waals surface area contributed by atoms with Gasteiger partial charge in [-0.15, -0.1) is 0 Å². The molecule has 0 unspecified atom stereocenters. The maximum atomic E-state index is 13.8. The molecule has 2 amide bonds. The van der Waals surface area contributed by atoms with Crippen LogP contribution in [0.4, 0.5) is 5.69 Å². The van der Waals surface area contributed by atoms with E-state index in [-0.39, 0.29) is 11.5 Å². The van der Waals surface area contributed by atoms with Crippen molar-refractivity contribution >= 4 is 29.0 Å². The molecule has 2 aliphatic heterocycles. The van der Waals surface area contributed by atoms with Gasteiger partial charge in [-0.3, -0.25) is 19.8 Å². The quantitative estimate of drug-likeness (QED) is 0.597. The fourth-order valence-corrected chi connectivity index (χ4v) is 4.48. The number of hydrogen-bond acceptors (Lipinski definition) is 6. The molecule has 5 rings (SSSR count). The average molecular weight is 439 g/mol. The number of carbonyl (C=O) groups excluding carboxylic acids is 3. The van der Waals surface area contributed by atoms with Gasteiger partial charge in [0.15, 0.2) is 5.78 Å². The lowest BCUT2D eigenvalue weighted by Crippen LogP contribution is -2.36. The molecule has 7 nitrogen and oxygen atoms in total. The van der Waals surface area contributed by atoms with Crippen molar-refractivity contribution in [2.24, 2.45) is 11.0 Å². The Morgan fingerprint density at radius 1 is 0.879 bits per heavy atom. The predicted octanol–water partition coefficient (Wildman–Crippen LogP) is 2.91. The number of rotatable bonds is 6. The molecule has 0 spiro atoms. The van der Waals surface area contributed by atoms with E-state index in [0.29, 0.717) is 11.4 Å². The minimum atomic E-state index is -0.996. The van der Waals surface area contributed by atoms with Crippen LogP contribution >= 0.6 is 0 Å². The molecule has 1 saturated heterocycles. The Hall–Kier alpha value is -4.26. The van der Waals surface area contributed by atoms with E-state index < -0.39 is 29.7 Å². The molecule has 7 heteroatoms. The van der Waals surface area contributed by atoms with E-state index in [1.807, 2.05) is 60.7 Å². The molecular formula is C26H21N3O4. The summed E-state index contributed by atoms with van der Waals surface area (Å²) in [7, 11) is 1.48. The Kier molecular flexibility index (Phi) is 5.22. The van der Waals surface area contributed by atoms with Gasteiger partial charge in [0, 0.05) is 0 Å². The molecular weight excluding hydrogens is 418 g/mol. The monoisotopic (exact) mass is 439 g/mol. The number of carbonyl (C=O) groups is 3. The number of nitrogens with zero attached hydrogens (tertiary/aromatic N) is 2. The maximum Gasteiger partial charge on any atom is 0.259 e. The lowest BCUT2D eigenvalue weighted by Gasteiger charge is -2.20. The van der Waals surface area contributed by atoms with E-state index in [0.717, 1.165) is 16.0 Å². The van der Waals surface area contributed by atoms with Crippen LogP contribution in [0.25, 0.3) is 0 Å². The smallest absolute Gasteiger partial charge is 0.259 e. The molecule has 0 saturated carbocycles. The van der Waals surface area contributed by atoms with Crippen molar-refractivity contribution in [3.63, 3.8) is 0 Å². The number of hydrazone groups is 1. The molecule has 0 bridgehead atoms. The molecule has 0 aliphatic carbocycles. The van der Waals surface area contributed by atoms with Gasteiger partial charge in [-0.2, -0.15) is 5.10 Å². The van der Waals surface area contributed by atoms with E-state index in [1.54, 1.807) is 24.3 Å². The highest BCUT2D eigenvalue weighted by Crippen LogP contribution is 2.37. The minimum absolute atomic E-state index is 0.0634. The van der Waals surface area contributed by atoms with Gasteiger partial charge in [0.1, 0.15) is 23.4 Å². The summed E-state index contributed by atoms with van der Waals surface area (Å²) in [6.07, 6.45) is 0. The van der Waals surface area contributed by atoms with Crippen LogP contribution in [0.15, 0.2) is 90.0 Å². The van der Waals surface area contributed by atoms with E-state index in [2.05, 4.69) is 10.5 Å². The Morgan fingerprint density at radius 2 is 1.45 bits per heavy atom. The summed E-state index contributed by atoms with van der Waals surface area (Å²) in [6, 6.07) is 24.6. The van der Waals surface area contributed by atoms with Crippen molar-refractivity contribution in [3.8, 4) is 5.75 Å². The second-order valence-electron chi connectivity index (χ2n) is 7.88. The molecule has 3 aromatic rings. The van der Waals surface area contributed by atoms with Crippen molar-refractivity contribution in [2.45, 2.75) is 12.0 Å². The molecule has 2 aliphatic rings. The average Bonchev–Trinajstić information content (AvgIpc) is 3.40. The van der Waals surface area contributed by atoms with Crippen molar-refractivity contribution < 1.29 is 19.1 Å². The van der Waals surface area contributed by atoms with Crippen molar-refractivity contribution in [2.75, 3.05) is 12.0 Å². The van der Waals surface area contributed by atoms with Crippen molar-refractivity contribution in [1.82, 2.24) is 5.43 Å². The summed E-state index contributed by atoms with van der Waals surface area (Å²) in [5.41, 5.74) is 4.73. The predicted molar refractivity (Wildman–Crippen MR) is 123 cm³/mol. The van der Waals surface area contributed by atoms with Gasteiger partial charge < -0.3 is 4.74 Å². The Morgan fingerprint density at radius 3 is 2.06 bits per heavy atom. The SMILES string of the molecule is COc1ccccc1N1C(=O)[C@@H]2C(C(=O)C(c3ccccc3)c3ccccc3)=NN[C@@H]2C1=O. The molecule has 1 fully saturated rings. The van der Waals surface area contributed by atoms with Gasteiger partial charge in [-0.1, -0.05) is 72.8 Å². The van der Waals surface area contributed by atoms with Crippen LogP contribution in [-0.2, 0) is 14.4 Å². The summed E-state index contributed by atoms with van der Waals surface area (Å²) in [5, 5.41) is 4.18. The second kappa shape index (κ2) is 8.35. The number of amides is 2.